The molecule has 0 spiro atoms. The minimum Gasteiger partial charge on any atom is -0.545 e. The lowest BCUT2D eigenvalue weighted by atomic mass is 10.1. The van der Waals surface area contributed by atoms with Crippen LogP contribution in [0, 0.1) is 6.92 Å². The number of aryl methyl sites for hydroxylation is 1. The fraction of sp³-hybridized carbons (Fsp3) is 0.500. The van der Waals surface area contributed by atoms with Crippen LogP contribution in [0.5, 0.6) is 0 Å². The standard InChI is InChI=1S/C14H19NO4S/c1-11-6-7-12(10-13(11)14(16)17)20(18,19)15-8-4-2-3-5-9-15/h6-7,10H,2-5,8-9H2,1H3,(H,16,17)/p-1. The third-order valence-corrected chi connectivity index (χ3v) is 5.53. The molecule has 0 unspecified atom stereocenters. The van der Waals surface area contributed by atoms with Crippen molar-refractivity contribution in [3.05, 3.63) is 29.3 Å². The van der Waals surface area contributed by atoms with Gasteiger partial charge in [-0.15, -0.1) is 0 Å². The Hall–Kier alpha value is -1.40. The highest BCUT2D eigenvalue weighted by molar-refractivity contribution is 7.89. The highest BCUT2D eigenvalue weighted by atomic mass is 32.2. The van der Waals surface area contributed by atoms with Gasteiger partial charge in [-0.2, -0.15) is 4.31 Å². The summed E-state index contributed by atoms with van der Waals surface area (Å²) in [6.45, 7) is 2.61. The topological polar surface area (TPSA) is 77.5 Å². The van der Waals surface area contributed by atoms with Crippen molar-refractivity contribution in [2.24, 2.45) is 0 Å². The predicted octanol–water partition coefficient (Wildman–Crippen LogP) is 0.923. The number of benzene rings is 1. The number of hydrogen-bond acceptors (Lipinski definition) is 4. The van der Waals surface area contributed by atoms with E-state index in [0.717, 1.165) is 25.7 Å². The molecule has 1 heterocycles. The maximum atomic E-state index is 12.5. The quantitative estimate of drug-likeness (QED) is 0.831. The van der Waals surface area contributed by atoms with Crippen molar-refractivity contribution in [2.75, 3.05) is 13.1 Å². The van der Waals surface area contributed by atoms with E-state index in [0.29, 0.717) is 18.7 Å². The van der Waals surface area contributed by atoms with Crippen LogP contribution in [0.15, 0.2) is 23.1 Å². The average molecular weight is 296 g/mol. The number of hydrogen-bond donors (Lipinski definition) is 0. The van der Waals surface area contributed by atoms with Gasteiger partial charge in [-0.05, 0) is 37.5 Å². The number of carbonyl (C=O) groups is 1. The fourth-order valence-electron chi connectivity index (χ4n) is 2.41. The van der Waals surface area contributed by atoms with E-state index in [1.54, 1.807) is 6.92 Å². The van der Waals surface area contributed by atoms with Crippen LogP contribution in [0.4, 0.5) is 0 Å². The molecule has 1 saturated heterocycles. The summed E-state index contributed by atoms with van der Waals surface area (Å²) in [6.07, 6.45) is 3.76. The molecular weight excluding hydrogens is 278 g/mol. The van der Waals surface area contributed by atoms with E-state index in [2.05, 4.69) is 0 Å². The lowest BCUT2D eigenvalue weighted by Crippen LogP contribution is -2.32. The van der Waals surface area contributed by atoms with Crippen LogP contribution in [-0.2, 0) is 10.0 Å². The first-order valence-electron chi connectivity index (χ1n) is 6.75. The van der Waals surface area contributed by atoms with Gasteiger partial charge in [0.05, 0.1) is 10.9 Å². The molecule has 0 saturated carbocycles. The third kappa shape index (κ3) is 3.02. The van der Waals surface area contributed by atoms with E-state index in [9.17, 15) is 18.3 Å². The molecule has 5 nitrogen and oxygen atoms in total. The molecule has 0 amide bonds. The van der Waals surface area contributed by atoms with Crippen LogP contribution in [-0.4, -0.2) is 31.8 Å². The molecule has 6 heteroatoms. The second kappa shape index (κ2) is 5.93. The molecule has 0 aliphatic carbocycles. The second-order valence-corrected chi connectivity index (χ2v) is 7.02. The summed E-state index contributed by atoms with van der Waals surface area (Å²) in [4.78, 5) is 11.0. The van der Waals surface area contributed by atoms with Crippen molar-refractivity contribution in [2.45, 2.75) is 37.5 Å². The summed E-state index contributed by atoms with van der Waals surface area (Å²) < 4.78 is 26.5. The monoisotopic (exact) mass is 296 g/mol. The van der Waals surface area contributed by atoms with Crippen LogP contribution in [0.25, 0.3) is 0 Å². The van der Waals surface area contributed by atoms with Gasteiger partial charge in [-0.1, -0.05) is 18.9 Å². The van der Waals surface area contributed by atoms with E-state index in [1.807, 2.05) is 0 Å². The first-order chi connectivity index (χ1) is 9.43. The fourth-order valence-corrected chi connectivity index (χ4v) is 3.96. The summed E-state index contributed by atoms with van der Waals surface area (Å²) in [6, 6.07) is 4.17. The van der Waals surface area contributed by atoms with Crippen molar-refractivity contribution in [1.82, 2.24) is 4.31 Å². The van der Waals surface area contributed by atoms with E-state index in [4.69, 9.17) is 0 Å². The minimum atomic E-state index is -3.62. The van der Waals surface area contributed by atoms with E-state index in [1.165, 1.54) is 22.5 Å². The molecule has 0 atom stereocenters. The van der Waals surface area contributed by atoms with Gasteiger partial charge in [0.25, 0.3) is 0 Å². The predicted molar refractivity (Wildman–Crippen MR) is 72.7 cm³/mol. The molecule has 1 aromatic rings. The van der Waals surface area contributed by atoms with Gasteiger partial charge >= 0.3 is 0 Å². The zero-order valence-corrected chi connectivity index (χ0v) is 12.3. The Kier molecular flexibility index (Phi) is 4.45. The summed E-state index contributed by atoms with van der Waals surface area (Å²) in [7, 11) is -3.62. The summed E-state index contributed by atoms with van der Waals surface area (Å²) in [5, 5.41) is 11.0. The largest absolute Gasteiger partial charge is 0.545 e. The zero-order chi connectivity index (χ0) is 14.8. The Morgan fingerprint density at radius 1 is 1.15 bits per heavy atom. The number of sulfonamides is 1. The Bertz CT molecular complexity index is 602. The summed E-state index contributed by atoms with van der Waals surface area (Å²) in [5.74, 6) is -1.35. The molecule has 20 heavy (non-hydrogen) atoms. The highest BCUT2D eigenvalue weighted by Gasteiger charge is 2.25. The van der Waals surface area contributed by atoms with Crippen LogP contribution >= 0.6 is 0 Å². The smallest absolute Gasteiger partial charge is 0.243 e. The van der Waals surface area contributed by atoms with Crippen molar-refractivity contribution < 1.29 is 18.3 Å². The number of carbonyl (C=O) groups excluding carboxylic acids is 1. The normalized spacial score (nSPS) is 17.6. The van der Waals surface area contributed by atoms with Crippen molar-refractivity contribution in [1.29, 1.82) is 0 Å². The van der Waals surface area contributed by atoms with Crippen molar-refractivity contribution >= 4 is 16.0 Å². The Balaban J connectivity index is 2.38. The number of aromatic carboxylic acids is 1. The average Bonchev–Trinajstić information content (AvgIpc) is 2.67. The van der Waals surface area contributed by atoms with E-state index >= 15 is 0 Å². The Morgan fingerprint density at radius 3 is 2.30 bits per heavy atom. The maximum Gasteiger partial charge on any atom is 0.243 e. The first kappa shape index (κ1) is 15.0. The molecule has 1 aromatic carbocycles. The van der Waals surface area contributed by atoms with Gasteiger partial charge in [0, 0.05) is 18.7 Å². The van der Waals surface area contributed by atoms with E-state index in [-0.39, 0.29) is 10.5 Å². The molecule has 0 radical (unpaired) electrons. The lowest BCUT2D eigenvalue weighted by Gasteiger charge is -2.20. The number of carboxylic acids is 1. The molecular formula is C14H18NO4S-. The molecule has 1 aliphatic heterocycles. The zero-order valence-electron chi connectivity index (χ0n) is 11.5. The molecule has 0 aromatic heterocycles. The van der Waals surface area contributed by atoms with Crippen molar-refractivity contribution in [3.8, 4) is 0 Å². The third-order valence-electron chi connectivity index (χ3n) is 3.63. The van der Waals surface area contributed by atoms with Gasteiger partial charge in [-0.3, -0.25) is 0 Å². The highest BCUT2D eigenvalue weighted by Crippen LogP contribution is 2.22. The number of nitrogens with zero attached hydrogens (tertiary/aromatic N) is 1. The first-order valence-corrected chi connectivity index (χ1v) is 8.19. The van der Waals surface area contributed by atoms with Gasteiger partial charge in [0.1, 0.15) is 0 Å². The molecule has 0 bridgehead atoms. The molecule has 0 N–H and O–H groups in total. The maximum absolute atomic E-state index is 12.5. The number of carboxylic acid groups (broad SMARTS) is 1. The summed E-state index contributed by atoms with van der Waals surface area (Å²) in [5.41, 5.74) is 0.431. The molecule has 2 rings (SSSR count). The second-order valence-electron chi connectivity index (χ2n) is 5.08. The van der Waals surface area contributed by atoms with Crippen molar-refractivity contribution in [3.63, 3.8) is 0 Å². The summed E-state index contributed by atoms with van der Waals surface area (Å²) >= 11 is 0. The van der Waals surface area contributed by atoms with Gasteiger partial charge < -0.3 is 9.90 Å². The van der Waals surface area contributed by atoms with Gasteiger partial charge in [0.2, 0.25) is 10.0 Å². The Morgan fingerprint density at radius 2 is 1.75 bits per heavy atom. The van der Waals surface area contributed by atoms with Crippen LogP contribution < -0.4 is 5.11 Å². The Labute approximate surface area is 119 Å². The van der Waals surface area contributed by atoms with Gasteiger partial charge in [0.15, 0.2) is 0 Å². The van der Waals surface area contributed by atoms with E-state index < -0.39 is 16.0 Å². The molecule has 1 aliphatic rings. The molecule has 110 valence electrons. The SMILES string of the molecule is Cc1ccc(S(=O)(=O)N2CCCCCC2)cc1C(=O)[O-]. The number of rotatable bonds is 3. The lowest BCUT2D eigenvalue weighted by molar-refractivity contribution is -0.255. The molecule has 1 fully saturated rings. The van der Waals surface area contributed by atoms with Crippen LogP contribution in [0.1, 0.15) is 41.6 Å². The van der Waals surface area contributed by atoms with Crippen LogP contribution in [0.2, 0.25) is 0 Å². The van der Waals surface area contributed by atoms with Gasteiger partial charge in [-0.25, -0.2) is 8.42 Å². The van der Waals surface area contributed by atoms with Crippen LogP contribution in [0.3, 0.4) is 0 Å². The minimum absolute atomic E-state index is 0.0317.